The molecule has 2 saturated heterocycles. The first-order valence-electron chi connectivity index (χ1n) is 9.16. The molecule has 2 aromatic rings. The summed E-state index contributed by atoms with van der Waals surface area (Å²) in [5.74, 6) is -1.50. The lowest BCUT2D eigenvalue weighted by Gasteiger charge is -2.39. The molecule has 4 rings (SSSR count). The number of aromatic nitrogens is 2. The number of carbonyl (C=O) groups excluding carboxylic acids is 2. The molecule has 0 aliphatic carbocycles. The van der Waals surface area contributed by atoms with E-state index < -0.39 is 11.6 Å². The van der Waals surface area contributed by atoms with Crippen molar-refractivity contribution in [1.29, 1.82) is 0 Å². The lowest BCUT2D eigenvalue weighted by atomic mass is 10.1. The van der Waals surface area contributed by atoms with Crippen molar-refractivity contribution in [2.24, 2.45) is 0 Å². The predicted molar refractivity (Wildman–Crippen MR) is 101 cm³/mol. The fraction of sp³-hybridized carbons (Fsp3) is 0.444. The van der Waals surface area contributed by atoms with E-state index in [9.17, 15) is 18.4 Å². The van der Waals surface area contributed by atoms with Gasteiger partial charge >= 0.3 is 0 Å². The van der Waals surface area contributed by atoms with Gasteiger partial charge in [0.25, 0.3) is 5.91 Å². The van der Waals surface area contributed by atoms with Gasteiger partial charge < -0.3 is 19.9 Å². The van der Waals surface area contributed by atoms with Gasteiger partial charge in [-0.3, -0.25) is 9.59 Å². The first kappa shape index (κ1) is 19.5. The minimum atomic E-state index is -0.961. The number of hydrogen-bond acceptors (Lipinski definition) is 7. The van der Waals surface area contributed by atoms with Crippen LogP contribution >= 0.6 is 11.7 Å². The van der Waals surface area contributed by atoms with Crippen molar-refractivity contribution in [2.45, 2.75) is 25.5 Å². The van der Waals surface area contributed by atoms with Gasteiger partial charge in [0.15, 0.2) is 23.1 Å². The summed E-state index contributed by atoms with van der Waals surface area (Å²) in [6, 6.07) is 3.29. The largest absolute Gasteiger partial charge is 0.487 e. The average Bonchev–Trinajstić information content (AvgIpc) is 3.30. The number of rotatable bonds is 5. The summed E-state index contributed by atoms with van der Waals surface area (Å²) in [4.78, 5) is 27.6. The molecule has 8 nitrogen and oxygen atoms in total. The van der Waals surface area contributed by atoms with Gasteiger partial charge in [-0.15, -0.1) is 0 Å². The molecule has 1 aromatic heterocycles. The smallest absolute Gasteiger partial charge is 0.275 e. The standard InChI is InChI=1S/C18H19F2N5O3S/c1-10(26)24-5-4-11(7-24)21-18(27)16-17(23-29-22-16)25-8-13(9-25)28-12-2-3-14(19)15(20)6-12/h2-3,6,11,13H,4-5,7-9H2,1H3,(H,21,27)/t11-/m0/s1. The van der Waals surface area contributed by atoms with Crippen molar-refractivity contribution in [1.82, 2.24) is 19.0 Å². The van der Waals surface area contributed by atoms with Gasteiger partial charge in [0.05, 0.1) is 24.8 Å². The molecule has 0 radical (unpaired) electrons. The number of benzene rings is 1. The van der Waals surface area contributed by atoms with E-state index in [0.29, 0.717) is 38.4 Å². The minimum Gasteiger partial charge on any atom is -0.487 e. The van der Waals surface area contributed by atoms with E-state index in [2.05, 4.69) is 14.1 Å². The van der Waals surface area contributed by atoms with Crippen LogP contribution in [0.3, 0.4) is 0 Å². The van der Waals surface area contributed by atoms with Crippen molar-refractivity contribution >= 4 is 29.4 Å². The van der Waals surface area contributed by atoms with Crippen LogP contribution in [-0.2, 0) is 4.79 Å². The van der Waals surface area contributed by atoms with Crippen molar-refractivity contribution < 1.29 is 23.1 Å². The molecule has 1 aromatic carbocycles. The number of nitrogens with one attached hydrogen (secondary N) is 1. The highest BCUT2D eigenvalue weighted by Crippen LogP contribution is 2.27. The van der Waals surface area contributed by atoms with Crippen LogP contribution in [0.4, 0.5) is 14.6 Å². The second-order valence-electron chi connectivity index (χ2n) is 7.08. The molecule has 0 unspecified atom stereocenters. The van der Waals surface area contributed by atoms with Crippen LogP contribution < -0.4 is 15.0 Å². The van der Waals surface area contributed by atoms with Crippen molar-refractivity contribution in [2.75, 3.05) is 31.1 Å². The maximum absolute atomic E-state index is 13.3. The zero-order chi connectivity index (χ0) is 20.5. The first-order valence-corrected chi connectivity index (χ1v) is 9.89. The third kappa shape index (κ3) is 4.14. The number of likely N-dealkylation sites (tertiary alicyclic amines) is 1. The predicted octanol–water partition coefficient (Wildman–Crippen LogP) is 1.43. The molecule has 1 N–H and O–H groups in total. The Morgan fingerprint density at radius 3 is 2.69 bits per heavy atom. The molecule has 3 heterocycles. The summed E-state index contributed by atoms with van der Waals surface area (Å²) < 4.78 is 40.2. The van der Waals surface area contributed by atoms with Crippen LogP contribution in [0.2, 0.25) is 0 Å². The Balaban J connectivity index is 1.32. The van der Waals surface area contributed by atoms with Crippen molar-refractivity contribution in [3.05, 3.63) is 35.5 Å². The Morgan fingerprint density at radius 2 is 2.00 bits per heavy atom. The number of ether oxygens (including phenoxy) is 1. The Labute approximate surface area is 169 Å². The van der Waals surface area contributed by atoms with E-state index in [4.69, 9.17) is 4.74 Å². The van der Waals surface area contributed by atoms with Crippen LogP contribution in [0.15, 0.2) is 18.2 Å². The molecule has 2 fully saturated rings. The minimum absolute atomic E-state index is 0.00887. The van der Waals surface area contributed by atoms with E-state index in [0.717, 1.165) is 23.9 Å². The maximum atomic E-state index is 13.3. The summed E-state index contributed by atoms with van der Waals surface area (Å²) >= 11 is 0.945. The maximum Gasteiger partial charge on any atom is 0.275 e. The fourth-order valence-corrected chi connectivity index (χ4v) is 3.95. The monoisotopic (exact) mass is 423 g/mol. The number of amides is 2. The Bertz CT molecular complexity index is 934. The number of hydrogen-bond donors (Lipinski definition) is 1. The second kappa shape index (κ2) is 7.90. The van der Waals surface area contributed by atoms with Crippen molar-refractivity contribution in [3.63, 3.8) is 0 Å². The van der Waals surface area contributed by atoms with Crippen LogP contribution in [0.1, 0.15) is 23.8 Å². The molecule has 154 valence electrons. The summed E-state index contributed by atoms with van der Waals surface area (Å²) in [7, 11) is 0. The van der Waals surface area contributed by atoms with Gasteiger partial charge in [0, 0.05) is 32.1 Å². The molecule has 2 amide bonds. The Morgan fingerprint density at radius 1 is 1.21 bits per heavy atom. The van der Waals surface area contributed by atoms with Gasteiger partial charge in [-0.2, -0.15) is 8.75 Å². The highest BCUT2D eigenvalue weighted by molar-refractivity contribution is 6.99. The van der Waals surface area contributed by atoms with Gasteiger partial charge in [0.1, 0.15) is 11.9 Å². The zero-order valence-electron chi connectivity index (χ0n) is 15.6. The lowest BCUT2D eigenvalue weighted by molar-refractivity contribution is -0.127. The number of halogens is 2. The lowest BCUT2D eigenvalue weighted by Crippen LogP contribution is -2.54. The molecule has 0 bridgehead atoms. The fourth-order valence-electron chi connectivity index (χ4n) is 3.38. The van der Waals surface area contributed by atoms with Crippen LogP contribution in [0.5, 0.6) is 5.75 Å². The molecule has 1 atom stereocenters. The summed E-state index contributed by atoms with van der Waals surface area (Å²) in [6.45, 7) is 3.52. The Kier molecular flexibility index (Phi) is 5.31. The SMILES string of the molecule is CC(=O)N1CC[C@H](NC(=O)c2nsnc2N2CC(Oc3ccc(F)c(F)c3)C2)C1. The molecule has 0 spiro atoms. The molecule has 29 heavy (non-hydrogen) atoms. The van der Waals surface area contributed by atoms with E-state index in [1.165, 1.54) is 13.0 Å². The first-order chi connectivity index (χ1) is 13.9. The summed E-state index contributed by atoms with van der Waals surface area (Å²) in [5, 5.41) is 2.91. The average molecular weight is 423 g/mol. The number of carbonyl (C=O) groups is 2. The molecular formula is C18H19F2N5O3S. The van der Waals surface area contributed by atoms with Gasteiger partial charge in [-0.05, 0) is 18.6 Å². The van der Waals surface area contributed by atoms with E-state index in [1.54, 1.807) is 4.90 Å². The van der Waals surface area contributed by atoms with Crippen LogP contribution in [0, 0.1) is 11.6 Å². The van der Waals surface area contributed by atoms with Gasteiger partial charge in [-0.1, -0.05) is 0 Å². The molecule has 2 aliphatic heterocycles. The van der Waals surface area contributed by atoms with E-state index in [1.807, 2.05) is 4.90 Å². The van der Waals surface area contributed by atoms with Crippen molar-refractivity contribution in [3.8, 4) is 5.75 Å². The van der Waals surface area contributed by atoms with E-state index >= 15 is 0 Å². The molecule has 2 aliphatic rings. The summed E-state index contributed by atoms with van der Waals surface area (Å²) in [6.07, 6.45) is 0.475. The molecule has 0 saturated carbocycles. The summed E-state index contributed by atoms with van der Waals surface area (Å²) in [5.41, 5.74) is 0.238. The highest BCUT2D eigenvalue weighted by atomic mass is 32.1. The molecule has 11 heteroatoms. The zero-order valence-corrected chi connectivity index (χ0v) is 16.4. The number of anilines is 1. The third-order valence-electron chi connectivity index (χ3n) is 5.00. The highest BCUT2D eigenvalue weighted by Gasteiger charge is 2.35. The topological polar surface area (TPSA) is 87.7 Å². The van der Waals surface area contributed by atoms with Crippen LogP contribution in [-0.4, -0.2) is 63.8 Å². The Hall–Kier alpha value is -2.82. The van der Waals surface area contributed by atoms with Gasteiger partial charge in [0.2, 0.25) is 5.91 Å². The quantitative estimate of drug-likeness (QED) is 0.783. The van der Waals surface area contributed by atoms with Crippen LogP contribution in [0.25, 0.3) is 0 Å². The normalized spacial score (nSPS) is 19.2. The van der Waals surface area contributed by atoms with Gasteiger partial charge in [-0.25, -0.2) is 8.78 Å². The van der Waals surface area contributed by atoms with E-state index in [-0.39, 0.29) is 35.4 Å². The number of nitrogens with zero attached hydrogens (tertiary/aromatic N) is 4. The molecular weight excluding hydrogens is 404 g/mol. The second-order valence-corrected chi connectivity index (χ2v) is 7.61. The third-order valence-corrected chi connectivity index (χ3v) is 5.52.